The Hall–Kier alpha value is -2.14. The molecule has 1 saturated heterocycles. The van der Waals surface area contributed by atoms with Gasteiger partial charge in [0, 0.05) is 32.7 Å². The molecule has 0 bridgehead atoms. The van der Waals surface area contributed by atoms with Gasteiger partial charge in [0.05, 0.1) is 12.4 Å². The molecule has 0 saturated carbocycles. The minimum Gasteiger partial charge on any atom is -0.493 e. The van der Waals surface area contributed by atoms with Crippen LogP contribution in [-0.2, 0) is 17.8 Å². The molecule has 1 unspecified atom stereocenters. The zero-order chi connectivity index (χ0) is 17.4. The van der Waals surface area contributed by atoms with Gasteiger partial charge in [-0.05, 0) is 41.0 Å². The van der Waals surface area contributed by atoms with Crippen molar-refractivity contribution in [3.05, 3.63) is 59.2 Å². The summed E-state index contributed by atoms with van der Waals surface area (Å²) in [5.74, 6) is 1.75. The van der Waals surface area contributed by atoms with Gasteiger partial charge >= 0.3 is 0 Å². The lowest BCUT2D eigenvalue weighted by atomic mass is 10.1. The molecule has 130 valence electrons. The SMILES string of the molecule is CN(C)c1ccc(CN2C(=O)CSC2c2ccc3c(c2)CCO3)cc1. The van der Waals surface area contributed by atoms with Crippen molar-refractivity contribution in [1.82, 2.24) is 4.90 Å². The van der Waals surface area contributed by atoms with Crippen LogP contribution in [0.15, 0.2) is 42.5 Å². The molecular weight excluding hydrogens is 332 g/mol. The van der Waals surface area contributed by atoms with E-state index in [-0.39, 0.29) is 11.3 Å². The zero-order valence-corrected chi connectivity index (χ0v) is 15.4. The van der Waals surface area contributed by atoms with Gasteiger partial charge in [-0.3, -0.25) is 4.79 Å². The average Bonchev–Trinajstić information content (AvgIpc) is 3.22. The van der Waals surface area contributed by atoms with Crippen molar-refractivity contribution < 1.29 is 9.53 Å². The molecule has 0 N–H and O–H groups in total. The second kappa shape index (κ2) is 6.64. The molecule has 25 heavy (non-hydrogen) atoms. The molecule has 5 heteroatoms. The third-order valence-electron chi connectivity index (χ3n) is 4.77. The number of benzene rings is 2. The van der Waals surface area contributed by atoms with Crippen LogP contribution in [-0.4, -0.2) is 37.3 Å². The van der Waals surface area contributed by atoms with Crippen LogP contribution in [0.5, 0.6) is 5.75 Å². The van der Waals surface area contributed by atoms with Gasteiger partial charge in [-0.25, -0.2) is 0 Å². The van der Waals surface area contributed by atoms with E-state index in [1.807, 2.05) is 25.1 Å². The predicted octanol–water partition coefficient (Wildman–Crippen LogP) is 3.46. The first kappa shape index (κ1) is 16.3. The maximum atomic E-state index is 12.4. The Morgan fingerprint density at radius 2 is 2.00 bits per heavy atom. The number of fused-ring (bicyclic) bond motifs is 1. The van der Waals surface area contributed by atoms with Gasteiger partial charge in [-0.1, -0.05) is 18.2 Å². The number of ether oxygens (including phenoxy) is 1. The molecule has 2 aliphatic heterocycles. The highest BCUT2D eigenvalue weighted by Gasteiger charge is 2.33. The number of rotatable bonds is 4. The standard InChI is InChI=1S/C20H22N2O2S/c1-21(2)17-6-3-14(4-7-17)12-22-19(23)13-25-20(22)16-5-8-18-15(11-16)9-10-24-18/h3-8,11,20H,9-10,12-13H2,1-2H3. The average molecular weight is 354 g/mol. The number of hydrogen-bond donors (Lipinski definition) is 0. The van der Waals surface area contributed by atoms with Crippen LogP contribution in [0.1, 0.15) is 22.1 Å². The van der Waals surface area contributed by atoms with Gasteiger partial charge in [0.2, 0.25) is 5.91 Å². The number of nitrogens with zero attached hydrogens (tertiary/aromatic N) is 2. The lowest BCUT2D eigenvalue weighted by molar-refractivity contribution is -0.128. The van der Waals surface area contributed by atoms with E-state index >= 15 is 0 Å². The van der Waals surface area contributed by atoms with Gasteiger partial charge in [-0.2, -0.15) is 0 Å². The van der Waals surface area contributed by atoms with E-state index in [9.17, 15) is 4.79 Å². The van der Waals surface area contributed by atoms with Crippen molar-refractivity contribution in [2.24, 2.45) is 0 Å². The van der Waals surface area contributed by atoms with Crippen LogP contribution in [0, 0.1) is 0 Å². The van der Waals surface area contributed by atoms with Gasteiger partial charge < -0.3 is 14.5 Å². The highest BCUT2D eigenvalue weighted by molar-refractivity contribution is 8.00. The van der Waals surface area contributed by atoms with Crippen molar-refractivity contribution in [2.75, 3.05) is 31.4 Å². The molecule has 2 aromatic rings. The van der Waals surface area contributed by atoms with Crippen molar-refractivity contribution in [2.45, 2.75) is 18.3 Å². The Bertz CT molecular complexity index is 789. The van der Waals surface area contributed by atoms with Gasteiger partial charge in [-0.15, -0.1) is 11.8 Å². The van der Waals surface area contributed by atoms with E-state index < -0.39 is 0 Å². The summed E-state index contributed by atoms with van der Waals surface area (Å²) in [5, 5.41) is 0.0897. The molecule has 1 amide bonds. The number of anilines is 1. The molecule has 0 aliphatic carbocycles. The first-order valence-electron chi connectivity index (χ1n) is 8.55. The third-order valence-corrected chi connectivity index (χ3v) is 6.03. The fraction of sp³-hybridized carbons (Fsp3) is 0.350. The fourth-order valence-electron chi connectivity index (χ4n) is 3.36. The maximum absolute atomic E-state index is 12.4. The molecule has 2 heterocycles. The lowest BCUT2D eigenvalue weighted by Crippen LogP contribution is -2.27. The number of carbonyl (C=O) groups excluding carboxylic acids is 1. The zero-order valence-electron chi connectivity index (χ0n) is 14.6. The van der Waals surface area contributed by atoms with Gasteiger partial charge in [0.15, 0.2) is 0 Å². The van der Waals surface area contributed by atoms with E-state index in [1.165, 1.54) is 16.8 Å². The molecule has 2 aliphatic rings. The van der Waals surface area contributed by atoms with Crippen LogP contribution >= 0.6 is 11.8 Å². The summed E-state index contributed by atoms with van der Waals surface area (Å²) in [7, 11) is 4.06. The summed E-state index contributed by atoms with van der Waals surface area (Å²) in [6.07, 6.45) is 0.959. The van der Waals surface area contributed by atoms with Crippen LogP contribution in [0.4, 0.5) is 5.69 Å². The van der Waals surface area contributed by atoms with Gasteiger partial charge in [0.1, 0.15) is 11.1 Å². The van der Waals surface area contributed by atoms with E-state index in [1.54, 1.807) is 11.8 Å². The molecule has 0 radical (unpaired) electrons. The topological polar surface area (TPSA) is 32.8 Å². The largest absolute Gasteiger partial charge is 0.493 e. The first-order chi connectivity index (χ1) is 12.1. The quantitative estimate of drug-likeness (QED) is 0.842. The molecule has 1 atom stereocenters. The van der Waals surface area contributed by atoms with Crippen LogP contribution in [0.2, 0.25) is 0 Å². The van der Waals surface area contributed by atoms with E-state index in [2.05, 4.69) is 41.3 Å². The van der Waals surface area contributed by atoms with Crippen molar-refractivity contribution in [3.8, 4) is 5.75 Å². The van der Waals surface area contributed by atoms with Crippen molar-refractivity contribution >= 4 is 23.4 Å². The summed E-state index contributed by atoms with van der Waals surface area (Å²) >= 11 is 1.71. The summed E-state index contributed by atoms with van der Waals surface area (Å²) in [6, 6.07) is 14.8. The Labute approximate surface area is 152 Å². The van der Waals surface area contributed by atoms with Gasteiger partial charge in [0.25, 0.3) is 0 Å². The second-order valence-electron chi connectivity index (χ2n) is 6.71. The maximum Gasteiger partial charge on any atom is 0.234 e. The summed E-state index contributed by atoms with van der Waals surface area (Å²) in [5.41, 5.74) is 4.79. The number of thioether (sulfide) groups is 1. The molecule has 2 aromatic carbocycles. The number of amides is 1. The molecule has 0 spiro atoms. The smallest absolute Gasteiger partial charge is 0.234 e. The lowest BCUT2D eigenvalue weighted by Gasteiger charge is -2.25. The minimum absolute atomic E-state index is 0.0897. The third kappa shape index (κ3) is 3.21. The highest BCUT2D eigenvalue weighted by Crippen LogP contribution is 2.41. The Morgan fingerprint density at radius 1 is 1.20 bits per heavy atom. The molecule has 4 rings (SSSR count). The Balaban J connectivity index is 1.55. The van der Waals surface area contributed by atoms with E-state index in [0.717, 1.165) is 24.3 Å². The van der Waals surface area contributed by atoms with Crippen molar-refractivity contribution in [3.63, 3.8) is 0 Å². The summed E-state index contributed by atoms with van der Waals surface area (Å²) in [6.45, 7) is 1.41. The summed E-state index contributed by atoms with van der Waals surface area (Å²) in [4.78, 5) is 16.5. The number of hydrogen-bond acceptors (Lipinski definition) is 4. The van der Waals surface area contributed by atoms with Crippen LogP contribution < -0.4 is 9.64 Å². The predicted molar refractivity (Wildman–Crippen MR) is 102 cm³/mol. The molecular formula is C20H22N2O2S. The normalized spacial score (nSPS) is 19.0. The Morgan fingerprint density at radius 3 is 2.76 bits per heavy atom. The Kier molecular flexibility index (Phi) is 4.34. The minimum atomic E-state index is 0.0897. The number of carbonyl (C=O) groups is 1. The molecule has 4 nitrogen and oxygen atoms in total. The van der Waals surface area contributed by atoms with Crippen LogP contribution in [0.25, 0.3) is 0 Å². The second-order valence-corrected chi connectivity index (χ2v) is 7.78. The van der Waals surface area contributed by atoms with Crippen LogP contribution in [0.3, 0.4) is 0 Å². The monoisotopic (exact) mass is 354 g/mol. The highest BCUT2D eigenvalue weighted by atomic mass is 32.2. The molecule has 1 fully saturated rings. The summed E-state index contributed by atoms with van der Waals surface area (Å²) < 4.78 is 5.60. The van der Waals surface area contributed by atoms with Crippen molar-refractivity contribution in [1.29, 1.82) is 0 Å². The molecule has 0 aromatic heterocycles. The fourth-order valence-corrected chi connectivity index (χ4v) is 4.53. The van der Waals surface area contributed by atoms with E-state index in [0.29, 0.717) is 12.3 Å². The first-order valence-corrected chi connectivity index (χ1v) is 9.59. The van der Waals surface area contributed by atoms with E-state index in [4.69, 9.17) is 4.74 Å².